The number of hydrogen-bond donors (Lipinski definition) is 0. The SMILES string of the molecule is CCOC(=O)C(F)=C1C2CCCC1CN(C(=O)OC(C)(C)C)C2. The molecule has 0 radical (unpaired) electrons. The van der Waals surface area contributed by atoms with Crippen LogP contribution in [-0.4, -0.2) is 42.3 Å². The van der Waals surface area contributed by atoms with E-state index in [9.17, 15) is 14.0 Å². The van der Waals surface area contributed by atoms with E-state index in [1.54, 1.807) is 11.8 Å². The number of likely N-dealkylation sites (tertiary alicyclic amines) is 1. The fourth-order valence-electron chi connectivity index (χ4n) is 3.39. The number of rotatable bonds is 2. The molecule has 2 fully saturated rings. The van der Waals surface area contributed by atoms with E-state index < -0.39 is 17.4 Å². The summed E-state index contributed by atoms with van der Waals surface area (Å²) in [5, 5.41) is 0. The molecule has 5 nitrogen and oxygen atoms in total. The predicted octanol–water partition coefficient (Wildman–Crippen LogP) is 3.44. The Labute approximate surface area is 136 Å². The molecule has 1 aliphatic carbocycles. The van der Waals surface area contributed by atoms with Crippen molar-refractivity contribution in [3.8, 4) is 0 Å². The van der Waals surface area contributed by atoms with Crippen LogP contribution in [-0.2, 0) is 14.3 Å². The summed E-state index contributed by atoms with van der Waals surface area (Å²) in [5.41, 5.74) is -0.0205. The molecule has 1 saturated carbocycles. The van der Waals surface area contributed by atoms with Crippen LogP contribution in [0.25, 0.3) is 0 Å². The maximum atomic E-state index is 14.5. The molecule has 0 N–H and O–H groups in total. The van der Waals surface area contributed by atoms with E-state index in [0.717, 1.165) is 19.3 Å². The maximum Gasteiger partial charge on any atom is 0.410 e. The van der Waals surface area contributed by atoms with Gasteiger partial charge in [0.1, 0.15) is 5.60 Å². The summed E-state index contributed by atoms with van der Waals surface area (Å²) in [7, 11) is 0. The van der Waals surface area contributed by atoms with Gasteiger partial charge in [0.15, 0.2) is 0 Å². The number of nitrogens with zero attached hydrogens (tertiary/aromatic N) is 1. The molecular weight excluding hydrogens is 301 g/mol. The van der Waals surface area contributed by atoms with E-state index >= 15 is 0 Å². The van der Waals surface area contributed by atoms with E-state index in [2.05, 4.69) is 0 Å². The van der Waals surface area contributed by atoms with Crippen LogP contribution in [0.15, 0.2) is 11.4 Å². The zero-order valence-electron chi connectivity index (χ0n) is 14.4. The minimum atomic E-state index is -0.884. The molecule has 0 spiro atoms. The highest BCUT2D eigenvalue weighted by atomic mass is 19.1. The Morgan fingerprint density at radius 2 is 1.78 bits per heavy atom. The van der Waals surface area contributed by atoms with Crippen molar-refractivity contribution in [1.29, 1.82) is 0 Å². The van der Waals surface area contributed by atoms with Crippen molar-refractivity contribution in [2.45, 2.75) is 52.6 Å². The first-order valence-electron chi connectivity index (χ1n) is 8.27. The molecule has 2 rings (SSSR count). The van der Waals surface area contributed by atoms with Crippen molar-refractivity contribution in [2.75, 3.05) is 19.7 Å². The minimum Gasteiger partial charge on any atom is -0.461 e. The molecule has 2 unspecified atom stereocenters. The third-order valence-electron chi connectivity index (χ3n) is 4.23. The van der Waals surface area contributed by atoms with Gasteiger partial charge < -0.3 is 14.4 Å². The van der Waals surface area contributed by atoms with E-state index in [0.29, 0.717) is 18.7 Å². The molecular formula is C17H26FNO4. The Kier molecular flexibility index (Phi) is 5.32. The third kappa shape index (κ3) is 4.24. The number of fused-ring (bicyclic) bond motifs is 2. The summed E-state index contributed by atoms with van der Waals surface area (Å²) >= 11 is 0. The number of hydrogen-bond acceptors (Lipinski definition) is 4. The molecule has 6 heteroatoms. The normalized spacial score (nSPS) is 24.2. The highest BCUT2D eigenvalue weighted by Gasteiger charge is 2.41. The third-order valence-corrected chi connectivity index (χ3v) is 4.23. The van der Waals surface area contributed by atoms with Crippen LogP contribution in [0.2, 0.25) is 0 Å². The lowest BCUT2D eigenvalue weighted by molar-refractivity contribution is -0.140. The zero-order chi connectivity index (χ0) is 17.2. The molecule has 2 bridgehead atoms. The summed E-state index contributed by atoms with van der Waals surface area (Å²) in [6.45, 7) is 8.06. The largest absolute Gasteiger partial charge is 0.461 e. The molecule has 2 atom stereocenters. The van der Waals surface area contributed by atoms with Crippen LogP contribution in [0.5, 0.6) is 0 Å². The Morgan fingerprint density at radius 1 is 1.22 bits per heavy atom. The number of esters is 1. The standard InChI is InChI=1S/C17H26FNO4/c1-5-22-15(20)14(18)13-11-7-6-8-12(13)10-19(9-11)16(21)23-17(2,3)4/h11-12H,5-10H2,1-4H3. The maximum absolute atomic E-state index is 14.5. The number of carbonyl (C=O) groups is 2. The predicted molar refractivity (Wildman–Crippen MR) is 83.4 cm³/mol. The van der Waals surface area contributed by atoms with Gasteiger partial charge in [-0.15, -0.1) is 0 Å². The minimum absolute atomic E-state index is 0.126. The molecule has 0 aromatic rings. The first-order valence-corrected chi connectivity index (χ1v) is 8.27. The number of halogens is 1. The Hall–Kier alpha value is -1.59. The van der Waals surface area contributed by atoms with Gasteiger partial charge in [0.25, 0.3) is 0 Å². The van der Waals surface area contributed by atoms with Gasteiger partial charge in [-0.3, -0.25) is 0 Å². The highest BCUT2D eigenvalue weighted by molar-refractivity contribution is 5.87. The van der Waals surface area contributed by atoms with E-state index in [1.807, 2.05) is 20.8 Å². The Balaban J connectivity index is 2.16. The van der Waals surface area contributed by atoms with Crippen molar-refractivity contribution in [3.63, 3.8) is 0 Å². The first kappa shape index (κ1) is 17.8. The molecule has 1 amide bonds. The molecule has 0 aromatic heterocycles. The van der Waals surface area contributed by atoms with Crippen molar-refractivity contribution in [3.05, 3.63) is 11.4 Å². The average molecular weight is 327 g/mol. The lowest BCUT2D eigenvalue weighted by Crippen LogP contribution is -2.49. The van der Waals surface area contributed by atoms with Crippen molar-refractivity contribution in [2.24, 2.45) is 11.8 Å². The molecule has 23 heavy (non-hydrogen) atoms. The Morgan fingerprint density at radius 3 is 2.26 bits per heavy atom. The smallest absolute Gasteiger partial charge is 0.410 e. The first-order chi connectivity index (χ1) is 10.7. The lowest BCUT2D eigenvalue weighted by atomic mass is 9.73. The fourth-order valence-corrected chi connectivity index (χ4v) is 3.39. The van der Waals surface area contributed by atoms with Crippen molar-refractivity contribution < 1.29 is 23.5 Å². The Bertz CT molecular complexity index is 493. The average Bonchev–Trinajstić information content (AvgIpc) is 2.43. The van der Waals surface area contributed by atoms with Gasteiger partial charge in [-0.2, -0.15) is 4.39 Å². The number of ether oxygens (including phenoxy) is 2. The van der Waals surface area contributed by atoms with E-state index in [-0.39, 0.29) is 24.5 Å². The van der Waals surface area contributed by atoms with Crippen LogP contribution >= 0.6 is 0 Å². The van der Waals surface area contributed by atoms with Gasteiger partial charge in [-0.25, -0.2) is 9.59 Å². The van der Waals surface area contributed by atoms with Crippen molar-refractivity contribution >= 4 is 12.1 Å². The summed E-state index contributed by atoms with van der Waals surface area (Å²) in [5.74, 6) is -1.89. The van der Waals surface area contributed by atoms with Crippen LogP contribution in [0.1, 0.15) is 47.0 Å². The number of carbonyl (C=O) groups excluding carboxylic acids is 2. The highest BCUT2D eigenvalue weighted by Crippen LogP contribution is 2.41. The lowest BCUT2D eigenvalue weighted by Gasteiger charge is -2.43. The van der Waals surface area contributed by atoms with Crippen LogP contribution in [0.4, 0.5) is 9.18 Å². The van der Waals surface area contributed by atoms with Gasteiger partial charge in [-0.1, -0.05) is 6.42 Å². The summed E-state index contributed by atoms with van der Waals surface area (Å²) < 4.78 is 24.7. The fraction of sp³-hybridized carbons (Fsp3) is 0.765. The molecule has 130 valence electrons. The molecule has 1 aliphatic heterocycles. The second-order valence-electron chi connectivity index (χ2n) is 7.20. The molecule has 2 aliphatic rings. The van der Waals surface area contributed by atoms with Gasteiger partial charge in [0, 0.05) is 24.9 Å². The van der Waals surface area contributed by atoms with Gasteiger partial charge in [0.2, 0.25) is 5.83 Å². The summed E-state index contributed by atoms with van der Waals surface area (Å²) in [4.78, 5) is 25.6. The summed E-state index contributed by atoms with van der Waals surface area (Å²) in [6.07, 6.45) is 2.16. The quantitative estimate of drug-likeness (QED) is 0.576. The van der Waals surface area contributed by atoms with E-state index in [4.69, 9.17) is 9.47 Å². The second-order valence-corrected chi connectivity index (χ2v) is 7.20. The summed E-state index contributed by atoms with van der Waals surface area (Å²) in [6, 6.07) is 0. The van der Waals surface area contributed by atoms with Crippen molar-refractivity contribution in [1.82, 2.24) is 4.90 Å². The van der Waals surface area contributed by atoms with Crippen LogP contribution in [0.3, 0.4) is 0 Å². The number of amides is 1. The zero-order valence-corrected chi connectivity index (χ0v) is 14.4. The van der Waals surface area contributed by atoms with Crippen LogP contribution < -0.4 is 0 Å². The van der Waals surface area contributed by atoms with Gasteiger partial charge in [0.05, 0.1) is 6.61 Å². The number of piperidine rings is 1. The van der Waals surface area contributed by atoms with Gasteiger partial charge >= 0.3 is 12.1 Å². The molecule has 1 saturated heterocycles. The topological polar surface area (TPSA) is 55.8 Å². The van der Waals surface area contributed by atoms with Gasteiger partial charge in [-0.05, 0) is 46.1 Å². The van der Waals surface area contributed by atoms with Crippen LogP contribution in [0, 0.1) is 11.8 Å². The second kappa shape index (κ2) is 6.89. The molecule has 1 heterocycles. The molecule has 0 aromatic carbocycles. The monoisotopic (exact) mass is 327 g/mol. The van der Waals surface area contributed by atoms with E-state index in [1.165, 1.54) is 0 Å².